The van der Waals surface area contributed by atoms with Crippen LogP contribution in [-0.2, 0) is 0 Å². The van der Waals surface area contributed by atoms with Gasteiger partial charge in [-0.15, -0.1) is 0 Å². The SMILES string of the molecule is Cc1cc(C)c(N=C(c2ccccc2)c2cccc(C(=Nc3c(C)cc(C)cc3Cl)c3ccccc3)n2)c(Cl)c1. The molecule has 0 aliphatic rings. The van der Waals surface area contributed by atoms with Gasteiger partial charge >= 0.3 is 0 Å². The van der Waals surface area contributed by atoms with E-state index in [-0.39, 0.29) is 0 Å². The van der Waals surface area contributed by atoms with Crippen molar-refractivity contribution in [1.82, 2.24) is 4.98 Å². The average Bonchev–Trinajstić information content (AvgIpc) is 2.93. The standard InChI is InChI=1S/C35H29Cl2N3/c1-22-18-24(3)32(28(36)20-22)39-34(26-12-7-5-8-13-26)30-16-11-17-31(38-30)35(27-14-9-6-10-15-27)40-33-25(4)19-23(2)21-29(33)37/h5-21H,1-4H3. The maximum atomic E-state index is 6.69. The summed E-state index contributed by atoms with van der Waals surface area (Å²) in [6.45, 7) is 8.11. The molecule has 4 aromatic carbocycles. The summed E-state index contributed by atoms with van der Waals surface area (Å²) in [7, 11) is 0. The molecule has 0 atom stereocenters. The van der Waals surface area contributed by atoms with Crippen LogP contribution in [0.15, 0.2) is 113 Å². The fraction of sp³-hybridized carbons (Fsp3) is 0.114. The van der Waals surface area contributed by atoms with Gasteiger partial charge in [-0.25, -0.2) is 15.0 Å². The van der Waals surface area contributed by atoms with Crippen LogP contribution in [0.4, 0.5) is 11.4 Å². The first-order chi connectivity index (χ1) is 19.3. The summed E-state index contributed by atoms with van der Waals surface area (Å²) in [5.41, 5.74) is 10.4. The summed E-state index contributed by atoms with van der Waals surface area (Å²) in [5.74, 6) is 0. The minimum absolute atomic E-state index is 0.609. The van der Waals surface area contributed by atoms with E-state index in [0.29, 0.717) is 10.0 Å². The lowest BCUT2D eigenvalue weighted by atomic mass is 10.0. The number of hydrogen-bond donors (Lipinski definition) is 0. The van der Waals surface area contributed by atoms with Crippen molar-refractivity contribution < 1.29 is 0 Å². The van der Waals surface area contributed by atoms with Gasteiger partial charge in [-0.05, 0) is 74.2 Å². The van der Waals surface area contributed by atoms with Crippen LogP contribution < -0.4 is 0 Å². The van der Waals surface area contributed by atoms with Gasteiger partial charge in [0.05, 0.1) is 44.2 Å². The second kappa shape index (κ2) is 12.0. The molecule has 0 spiro atoms. The second-order valence-electron chi connectivity index (χ2n) is 9.89. The van der Waals surface area contributed by atoms with Crippen molar-refractivity contribution in [3.63, 3.8) is 0 Å². The molecule has 3 nitrogen and oxygen atoms in total. The number of hydrogen-bond acceptors (Lipinski definition) is 3. The normalized spacial score (nSPS) is 12.1. The number of nitrogens with zero attached hydrogens (tertiary/aromatic N) is 3. The van der Waals surface area contributed by atoms with E-state index in [1.807, 2.05) is 119 Å². The van der Waals surface area contributed by atoms with Crippen LogP contribution in [-0.4, -0.2) is 16.4 Å². The first kappa shape index (κ1) is 27.5. The van der Waals surface area contributed by atoms with Gasteiger partial charge in [0, 0.05) is 11.1 Å². The molecule has 0 aliphatic heterocycles. The quantitative estimate of drug-likeness (QED) is 0.190. The minimum atomic E-state index is 0.609. The Morgan fingerprint density at radius 1 is 0.525 bits per heavy atom. The third kappa shape index (κ3) is 6.07. The third-order valence-corrected chi connectivity index (χ3v) is 7.15. The number of rotatable bonds is 6. The summed E-state index contributed by atoms with van der Waals surface area (Å²) < 4.78 is 0. The van der Waals surface area contributed by atoms with Crippen molar-refractivity contribution in [2.75, 3.05) is 0 Å². The summed E-state index contributed by atoms with van der Waals surface area (Å²) >= 11 is 13.4. The zero-order chi connectivity index (χ0) is 28.2. The summed E-state index contributed by atoms with van der Waals surface area (Å²) in [5, 5.41) is 1.22. The molecule has 0 unspecified atom stereocenters. The second-order valence-corrected chi connectivity index (χ2v) is 10.7. The molecule has 0 radical (unpaired) electrons. The van der Waals surface area contributed by atoms with E-state index in [1.165, 1.54) is 0 Å². The average molecular weight is 563 g/mol. The molecule has 0 N–H and O–H groups in total. The van der Waals surface area contributed by atoms with E-state index in [0.717, 1.165) is 67.6 Å². The minimum Gasteiger partial charge on any atom is -0.244 e. The lowest BCUT2D eigenvalue weighted by Crippen LogP contribution is -2.12. The molecule has 1 heterocycles. The highest BCUT2D eigenvalue weighted by atomic mass is 35.5. The first-order valence-corrected chi connectivity index (χ1v) is 13.9. The number of pyridine rings is 1. The monoisotopic (exact) mass is 561 g/mol. The molecule has 198 valence electrons. The van der Waals surface area contributed by atoms with Gasteiger partial charge in [-0.3, -0.25) is 0 Å². The smallest absolute Gasteiger partial charge is 0.0966 e. The number of aryl methyl sites for hydroxylation is 4. The summed E-state index contributed by atoms with van der Waals surface area (Å²) in [4.78, 5) is 15.3. The Hall–Kier alpha value is -4.05. The Bertz CT molecular complexity index is 1570. The lowest BCUT2D eigenvalue weighted by Gasteiger charge is -2.13. The molecule has 0 amide bonds. The van der Waals surface area contributed by atoms with Gasteiger partial charge in [0.25, 0.3) is 0 Å². The maximum absolute atomic E-state index is 6.69. The zero-order valence-corrected chi connectivity index (χ0v) is 24.4. The highest BCUT2D eigenvalue weighted by Crippen LogP contribution is 2.33. The van der Waals surface area contributed by atoms with Gasteiger partial charge in [-0.1, -0.05) is 102 Å². The molecular weight excluding hydrogens is 533 g/mol. The molecule has 1 aromatic heterocycles. The molecule has 5 heteroatoms. The molecule has 0 bridgehead atoms. The van der Waals surface area contributed by atoms with Crippen LogP contribution in [0.1, 0.15) is 44.8 Å². The number of aliphatic imine (C=N–C) groups is 2. The van der Waals surface area contributed by atoms with Crippen molar-refractivity contribution in [3.05, 3.63) is 158 Å². The van der Waals surface area contributed by atoms with Gasteiger partial charge in [-0.2, -0.15) is 0 Å². The van der Waals surface area contributed by atoms with Gasteiger partial charge in [0.15, 0.2) is 0 Å². The van der Waals surface area contributed by atoms with E-state index in [4.69, 9.17) is 38.2 Å². The molecule has 0 fully saturated rings. The molecule has 0 saturated carbocycles. The summed E-state index contributed by atoms with van der Waals surface area (Å²) in [6, 6.07) is 34.1. The van der Waals surface area contributed by atoms with E-state index < -0.39 is 0 Å². The van der Waals surface area contributed by atoms with Crippen LogP contribution in [0.2, 0.25) is 10.0 Å². The van der Waals surface area contributed by atoms with Crippen LogP contribution in [0.5, 0.6) is 0 Å². The van der Waals surface area contributed by atoms with Crippen molar-refractivity contribution in [2.24, 2.45) is 9.98 Å². The van der Waals surface area contributed by atoms with E-state index in [2.05, 4.69) is 12.1 Å². The highest BCUT2D eigenvalue weighted by molar-refractivity contribution is 6.34. The van der Waals surface area contributed by atoms with Gasteiger partial charge in [0.1, 0.15) is 0 Å². The molecule has 40 heavy (non-hydrogen) atoms. The third-order valence-electron chi connectivity index (χ3n) is 6.57. The maximum Gasteiger partial charge on any atom is 0.0966 e. The lowest BCUT2D eigenvalue weighted by molar-refractivity contribution is 1.24. The number of benzene rings is 4. The van der Waals surface area contributed by atoms with Crippen molar-refractivity contribution >= 4 is 46.0 Å². The van der Waals surface area contributed by atoms with Crippen molar-refractivity contribution in [2.45, 2.75) is 27.7 Å². The Balaban J connectivity index is 1.72. The first-order valence-electron chi connectivity index (χ1n) is 13.1. The van der Waals surface area contributed by atoms with E-state index in [1.54, 1.807) is 0 Å². The van der Waals surface area contributed by atoms with E-state index in [9.17, 15) is 0 Å². The molecule has 0 aliphatic carbocycles. The Kier molecular flexibility index (Phi) is 8.25. The predicted octanol–water partition coefficient (Wildman–Crippen LogP) is 9.96. The largest absolute Gasteiger partial charge is 0.244 e. The molecule has 5 rings (SSSR count). The summed E-state index contributed by atoms with van der Waals surface area (Å²) in [6.07, 6.45) is 0. The predicted molar refractivity (Wildman–Crippen MR) is 170 cm³/mol. The van der Waals surface area contributed by atoms with Gasteiger partial charge in [0.2, 0.25) is 0 Å². The van der Waals surface area contributed by atoms with Crippen molar-refractivity contribution in [1.29, 1.82) is 0 Å². The number of halogens is 2. The van der Waals surface area contributed by atoms with Crippen LogP contribution >= 0.6 is 23.2 Å². The Labute approximate surface area is 245 Å². The topological polar surface area (TPSA) is 37.6 Å². The Morgan fingerprint density at radius 2 is 0.925 bits per heavy atom. The molecule has 0 saturated heterocycles. The molecule has 5 aromatic rings. The van der Waals surface area contributed by atoms with Gasteiger partial charge < -0.3 is 0 Å². The van der Waals surface area contributed by atoms with Crippen LogP contribution in [0, 0.1) is 27.7 Å². The van der Waals surface area contributed by atoms with Crippen LogP contribution in [0.25, 0.3) is 0 Å². The van der Waals surface area contributed by atoms with Crippen LogP contribution in [0.3, 0.4) is 0 Å². The zero-order valence-electron chi connectivity index (χ0n) is 22.9. The number of aromatic nitrogens is 1. The Morgan fingerprint density at radius 3 is 1.30 bits per heavy atom. The molecular formula is C35H29Cl2N3. The van der Waals surface area contributed by atoms with E-state index >= 15 is 0 Å². The van der Waals surface area contributed by atoms with Crippen molar-refractivity contribution in [3.8, 4) is 0 Å². The fourth-order valence-corrected chi connectivity index (χ4v) is 5.48. The highest BCUT2D eigenvalue weighted by Gasteiger charge is 2.16. The fourth-order valence-electron chi connectivity index (χ4n) is 4.75.